The van der Waals surface area contributed by atoms with Crippen molar-refractivity contribution >= 4 is 23.7 Å². The average molecular weight is 449 g/mol. The van der Waals surface area contributed by atoms with Crippen LogP contribution in [0.4, 0.5) is 21.7 Å². The van der Waals surface area contributed by atoms with Gasteiger partial charge in [0.15, 0.2) is 5.82 Å². The number of hydrogen-bond acceptors (Lipinski definition) is 6. The minimum Gasteiger partial charge on any atom is -0.368 e. The van der Waals surface area contributed by atoms with Gasteiger partial charge in [-0.1, -0.05) is 18.2 Å². The molecule has 33 heavy (non-hydrogen) atoms. The van der Waals surface area contributed by atoms with E-state index in [1.165, 1.54) is 12.1 Å². The fraction of sp³-hybridized carbons (Fsp3) is 0.320. The highest BCUT2D eigenvalue weighted by molar-refractivity contribution is 5.82. The van der Waals surface area contributed by atoms with Crippen LogP contribution in [0.25, 0.3) is 0 Å². The van der Waals surface area contributed by atoms with Crippen LogP contribution < -0.4 is 15.1 Å². The second-order valence-corrected chi connectivity index (χ2v) is 8.23. The van der Waals surface area contributed by atoms with Gasteiger partial charge in [-0.05, 0) is 54.9 Å². The van der Waals surface area contributed by atoms with Crippen LogP contribution in [-0.2, 0) is 17.8 Å². The van der Waals surface area contributed by atoms with Crippen LogP contribution in [0.15, 0.2) is 60.9 Å². The van der Waals surface area contributed by atoms with Gasteiger partial charge in [0.25, 0.3) is 0 Å². The summed E-state index contributed by atoms with van der Waals surface area (Å²) in [5, 5.41) is 3.38. The number of benzene rings is 1. The third kappa shape index (κ3) is 6.04. The monoisotopic (exact) mass is 448 g/mol. The minimum absolute atomic E-state index is 0.244. The van der Waals surface area contributed by atoms with Crippen molar-refractivity contribution in [2.24, 2.45) is 0 Å². The van der Waals surface area contributed by atoms with Crippen LogP contribution >= 0.6 is 0 Å². The van der Waals surface area contributed by atoms with Gasteiger partial charge in [0, 0.05) is 45.1 Å². The maximum absolute atomic E-state index is 13.5. The molecule has 1 saturated heterocycles. The predicted molar refractivity (Wildman–Crippen MR) is 129 cm³/mol. The Labute approximate surface area is 193 Å². The van der Waals surface area contributed by atoms with E-state index in [2.05, 4.69) is 27.1 Å². The molecule has 0 saturated carbocycles. The largest absolute Gasteiger partial charge is 0.368 e. The molecule has 4 rings (SSSR count). The summed E-state index contributed by atoms with van der Waals surface area (Å²) in [5.41, 5.74) is 2.53. The first-order valence-electron chi connectivity index (χ1n) is 11.2. The number of pyridine rings is 2. The molecule has 2 aromatic heterocycles. The van der Waals surface area contributed by atoms with E-state index in [-0.39, 0.29) is 5.82 Å². The number of anilines is 3. The van der Waals surface area contributed by atoms with Gasteiger partial charge in [0.1, 0.15) is 11.6 Å². The van der Waals surface area contributed by atoms with Gasteiger partial charge < -0.3 is 20.0 Å². The van der Waals surface area contributed by atoms with Gasteiger partial charge in [-0.15, -0.1) is 0 Å². The van der Waals surface area contributed by atoms with Crippen LogP contribution in [0.5, 0.6) is 0 Å². The Morgan fingerprint density at radius 1 is 1.09 bits per heavy atom. The number of carbonyl (C=O) groups is 1. The van der Waals surface area contributed by atoms with Gasteiger partial charge in [-0.3, -0.25) is 9.78 Å². The molecule has 8 heteroatoms. The van der Waals surface area contributed by atoms with Crippen molar-refractivity contribution in [2.75, 3.05) is 54.9 Å². The van der Waals surface area contributed by atoms with E-state index in [4.69, 9.17) is 4.98 Å². The van der Waals surface area contributed by atoms with E-state index in [1.807, 2.05) is 30.3 Å². The Bertz CT molecular complexity index is 1060. The molecule has 1 N–H and O–H groups in total. The lowest BCUT2D eigenvalue weighted by atomic mass is 10.1. The molecule has 0 spiro atoms. The summed E-state index contributed by atoms with van der Waals surface area (Å²) in [4.78, 5) is 27.2. The molecule has 0 bridgehead atoms. The highest BCUT2D eigenvalue weighted by atomic mass is 19.1. The second kappa shape index (κ2) is 10.9. The predicted octanol–water partition coefficient (Wildman–Crippen LogP) is 3.19. The van der Waals surface area contributed by atoms with Gasteiger partial charge in [0.05, 0.1) is 12.2 Å². The Morgan fingerprint density at radius 2 is 1.91 bits per heavy atom. The van der Waals surface area contributed by atoms with Gasteiger partial charge in [0.2, 0.25) is 6.41 Å². The zero-order valence-corrected chi connectivity index (χ0v) is 18.8. The zero-order chi connectivity index (χ0) is 23.0. The molecule has 3 aromatic rings. The number of amides is 1. The lowest BCUT2D eigenvalue weighted by Crippen LogP contribution is -2.44. The molecule has 1 aromatic carbocycles. The van der Waals surface area contributed by atoms with Gasteiger partial charge in [-0.2, -0.15) is 0 Å². The smallest absolute Gasteiger partial charge is 0.214 e. The SMILES string of the molecule is CN1CCN(c2ccc(N(C=O)Cc3cccnc3)c(NCCc3cccc(F)c3)n2)CC1. The van der Waals surface area contributed by atoms with Crippen molar-refractivity contribution < 1.29 is 9.18 Å². The quantitative estimate of drug-likeness (QED) is 0.508. The van der Waals surface area contributed by atoms with Crippen molar-refractivity contribution in [3.05, 3.63) is 77.9 Å². The van der Waals surface area contributed by atoms with E-state index in [0.29, 0.717) is 31.0 Å². The maximum Gasteiger partial charge on any atom is 0.214 e. The normalized spacial score (nSPS) is 14.2. The van der Waals surface area contributed by atoms with E-state index >= 15 is 0 Å². The number of aromatic nitrogens is 2. The maximum atomic E-state index is 13.5. The standard InChI is InChI=1S/C25H29FN6O/c1-30-12-14-31(15-13-30)24-8-7-23(32(19-33)18-21-5-3-10-27-17-21)25(29-24)28-11-9-20-4-2-6-22(26)16-20/h2-8,10,16-17,19H,9,11-15,18H2,1H3,(H,28,29). The summed E-state index contributed by atoms with van der Waals surface area (Å²) in [6.45, 7) is 4.72. The summed E-state index contributed by atoms with van der Waals surface area (Å²) >= 11 is 0. The summed E-state index contributed by atoms with van der Waals surface area (Å²) in [5.74, 6) is 1.28. The molecule has 0 aliphatic carbocycles. The molecule has 0 radical (unpaired) electrons. The number of hydrogen-bond donors (Lipinski definition) is 1. The van der Waals surface area contributed by atoms with Crippen molar-refractivity contribution in [1.29, 1.82) is 0 Å². The first kappa shape index (κ1) is 22.7. The van der Waals surface area contributed by atoms with Crippen LogP contribution in [0.3, 0.4) is 0 Å². The fourth-order valence-corrected chi connectivity index (χ4v) is 3.90. The number of carbonyl (C=O) groups excluding carboxylic acids is 1. The molecule has 1 aliphatic rings. The van der Waals surface area contributed by atoms with Crippen molar-refractivity contribution in [1.82, 2.24) is 14.9 Å². The van der Waals surface area contributed by atoms with Crippen LogP contribution in [0.2, 0.25) is 0 Å². The Kier molecular flexibility index (Phi) is 7.47. The van der Waals surface area contributed by atoms with Crippen LogP contribution in [0.1, 0.15) is 11.1 Å². The second-order valence-electron chi connectivity index (χ2n) is 8.23. The lowest BCUT2D eigenvalue weighted by Gasteiger charge is -2.33. The Balaban J connectivity index is 1.56. The minimum atomic E-state index is -0.244. The summed E-state index contributed by atoms with van der Waals surface area (Å²) < 4.78 is 13.5. The lowest BCUT2D eigenvalue weighted by molar-refractivity contribution is -0.107. The molecular formula is C25H29FN6O. The highest BCUT2D eigenvalue weighted by Gasteiger charge is 2.19. The van der Waals surface area contributed by atoms with Crippen molar-refractivity contribution in [3.8, 4) is 0 Å². The van der Waals surface area contributed by atoms with Gasteiger partial charge in [-0.25, -0.2) is 9.37 Å². The first-order chi connectivity index (χ1) is 16.1. The summed E-state index contributed by atoms with van der Waals surface area (Å²) in [7, 11) is 2.12. The van der Waals surface area contributed by atoms with Crippen LogP contribution in [-0.4, -0.2) is 61.0 Å². The van der Waals surface area contributed by atoms with E-state index in [1.54, 1.807) is 23.4 Å². The highest BCUT2D eigenvalue weighted by Crippen LogP contribution is 2.28. The van der Waals surface area contributed by atoms with Crippen molar-refractivity contribution in [3.63, 3.8) is 0 Å². The van der Waals surface area contributed by atoms with Crippen LogP contribution in [0, 0.1) is 5.82 Å². The van der Waals surface area contributed by atoms with E-state index in [0.717, 1.165) is 49.5 Å². The molecule has 172 valence electrons. The third-order valence-corrected chi connectivity index (χ3v) is 5.79. The molecule has 0 unspecified atom stereocenters. The molecule has 7 nitrogen and oxygen atoms in total. The molecule has 1 fully saturated rings. The van der Waals surface area contributed by atoms with E-state index in [9.17, 15) is 9.18 Å². The Hall–Kier alpha value is -3.52. The summed E-state index contributed by atoms with van der Waals surface area (Å²) in [6.07, 6.45) is 4.92. The first-order valence-corrected chi connectivity index (χ1v) is 11.2. The van der Waals surface area contributed by atoms with Gasteiger partial charge >= 0.3 is 0 Å². The summed E-state index contributed by atoms with van der Waals surface area (Å²) in [6, 6.07) is 14.3. The molecular weight excluding hydrogens is 419 g/mol. The molecule has 0 atom stereocenters. The van der Waals surface area contributed by atoms with Crippen molar-refractivity contribution in [2.45, 2.75) is 13.0 Å². The number of halogens is 1. The number of nitrogens with one attached hydrogen (secondary N) is 1. The fourth-order valence-electron chi connectivity index (χ4n) is 3.90. The molecule has 1 amide bonds. The number of likely N-dealkylation sites (N-methyl/N-ethyl adjacent to an activating group) is 1. The average Bonchev–Trinajstić information content (AvgIpc) is 2.84. The topological polar surface area (TPSA) is 64.6 Å². The molecule has 1 aliphatic heterocycles. The zero-order valence-electron chi connectivity index (χ0n) is 18.8. The molecule has 3 heterocycles. The number of piperazine rings is 1. The Morgan fingerprint density at radius 3 is 2.64 bits per heavy atom. The number of rotatable bonds is 9. The third-order valence-electron chi connectivity index (χ3n) is 5.79. The number of nitrogens with zero attached hydrogens (tertiary/aromatic N) is 5. The van der Waals surface area contributed by atoms with E-state index < -0.39 is 0 Å².